The van der Waals surface area contributed by atoms with Gasteiger partial charge in [-0.15, -0.1) is 0 Å². The number of nitrogens with one attached hydrogen (secondary N) is 1. The molecule has 0 aliphatic carbocycles. The van der Waals surface area contributed by atoms with Gasteiger partial charge in [-0.25, -0.2) is 4.98 Å². The van der Waals surface area contributed by atoms with Crippen molar-refractivity contribution in [3.05, 3.63) is 52.7 Å². The highest BCUT2D eigenvalue weighted by atomic mass is 35.5. The summed E-state index contributed by atoms with van der Waals surface area (Å²) in [4.78, 5) is 4.11. The van der Waals surface area contributed by atoms with E-state index in [0.717, 1.165) is 22.9 Å². The maximum Gasteiger partial charge on any atom is 0.208 e. The standard InChI is InChI=1S/C12H13ClN2O/c1-9-6-15-12(16-9)8-14-7-10-3-2-4-11(13)5-10/h2-6,14H,7-8H2,1H3. The summed E-state index contributed by atoms with van der Waals surface area (Å²) in [5, 5.41) is 4.00. The Balaban J connectivity index is 1.84. The molecule has 0 fully saturated rings. The number of rotatable bonds is 4. The monoisotopic (exact) mass is 236 g/mol. The average Bonchev–Trinajstić information content (AvgIpc) is 2.64. The van der Waals surface area contributed by atoms with E-state index >= 15 is 0 Å². The molecule has 1 aromatic heterocycles. The van der Waals surface area contributed by atoms with Crippen LogP contribution in [-0.2, 0) is 13.1 Å². The van der Waals surface area contributed by atoms with Crippen LogP contribution in [0.25, 0.3) is 0 Å². The Morgan fingerprint density at radius 1 is 1.38 bits per heavy atom. The highest BCUT2D eigenvalue weighted by Crippen LogP contribution is 2.10. The predicted molar refractivity (Wildman–Crippen MR) is 63.2 cm³/mol. The number of nitrogens with zero attached hydrogens (tertiary/aromatic N) is 1. The first-order valence-corrected chi connectivity index (χ1v) is 5.48. The summed E-state index contributed by atoms with van der Waals surface area (Å²) in [5.41, 5.74) is 1.15. The molecule has 16 heavy (non-hydrogen) atoms. The maximum absolute atomic E-state index is 5.89. The fraction of sp³-hybridized carbons (Fsp3) is 0.250. The minimum absolute atomic E-state index is 0.625. The van der Waals surface area contributed by atoms with E-state index in [-0.39, 0.29) is 0 Å². The molecule has 0 unspecified atom stereocenters. The quantitative estimate of drug-likeness (QED) is 0.887. The van der Waals surface area contributed by atoms with Gasteiger partial charge in [-0.2, -0.15) is 0 Å². The molecule has 0 aliphatic heterocycles. The van der Waals surface area contributed by atoms with Crippen molar-refractivity contribution < 1.29 is 4.42 Å². The van der Waals surface area contributed by atoms with Gasteiger partial charge in [0, 0.05) is 11.6 Å². The fourth-order valence-corrected chi connectivity index (χ4v) is 1.66. The van der Waals surface area contributed by atoms with Gasteiger partial charge < -0.3 is 9.73 Å². The first-order chi connectivity index (χ1) is 7.74. The highest BCUT2D eigenvalue weighted by molar-refractivity contribution is 6.30. The van der Waals surface area contributed by atoms with E-state index in [2.05, 4.69) is 10.3 Å². The molecule has 1 heterocycles. The largest absolute Gasteiger partial charge is 0.445 e. The van der Waals surface area contributed by atoms with E-state index in [9.17, 15) is 0 Å². The third-order valence-corrected chi connectivity index (χ3v) is 2.40. The summed E-state index contributed by atoms with van der Waals surface area (Å²) in [5.74, 6) is 1.54. The summed E-state index contributed by atoms with van der Waals surface area (Å²) >= 11 is 5.89. The van der Waals surface area contributed by atoms with Crippen molar-refractivity contribution in [2.75, 3.05) is 0 Å². The lowest BCUT2D eigenvalue weighted by Gasteiger charge is -2.02. The zero-order chi connectivity index (χ0) is 11.4. The van der Waals surface area contributed by atoms with E-state index in [1.807, 2.05) is 31.2 Å². The second kappa shape index (κ2) is 5.14. The molecule has 1 N–H and O–H groups in total. The first-order valence-electron chi connectivity index (χ1n) is 5.10. The van der Waals surface area contributed by atoms with Gasteiger partial charge in [0.2, 0.25) is 5.89 Å². The smallest absolute Gasteiger partial charge is 0.208 e. The maximum atomic E-state index is 5.89. The molecule has 84 valence electrons. The van der Waals surface area contributed by atoms with E-state index in [1.54, 1.807) is 6.20 Å². The molecular weight excluding hydrogens is 224 g/mol. The Bertz CT molecular complexity index is 468. The van der Waals surface area contributed by atoms with Crippen molar-refractivity contribution in [1.29, 1.82) is 0 Å². The summed E-state index contributed by atoms with van der Waals surface area (Å²) in [7, 11) is 0. The van der Waals surface area contributed by atoms with Crippen LogP contribution in [0.5, 0.6) is 0 Å². The summed E-state index contributed by atoms with van der Waals surface area (Å²) in [6.45, 7) is 3.26. The highest BCUT2D eigenvalue weighted by Gasteiger charge is 1.99. The van der Waals surface area contributed by atoms with Gasteiger partial charge in [-0.05, 0) is 24.6 Å². The Morgan fingerprint density at radius 2 is 2.25 bits per heavy atom. The number of hydrogen-bond donors (Lipinski definition) is 1. The second-order valence-corrected chi connectivity index (χ2v) is 4.03. The lowest BCUT2D eigenvalue weighted by atomic mass is 10.2. The van der Waals surface area contributed by atoms with Gasteiger partial charge in [0.05, 0.1) is 12.7 Å². The number of aryl methyl sites for hydroxylation is 1. The third kappa shape index (κ3) is 3.08. The fourth-order valence-electron chi connectivity index (χ4n) is 1.44. The minimum Gasteiger partial charge on any atom is -0.445 e. The van der Waals surface area contributed by atoms with Crippen LogP contribution in [0.2, 0.25) is 5.02 Å². The normalized spacial score (nSPS) is 10.6. The topological polar surface area (TPSA) is 38.1 Å². The van der Waals surface area contributed by atoms with E-state index in [4.69, 9.17) is 16.0 Å². The molecule has 0 atom stereocenters. The molecule has 2 rings (SSSR count). The Hall–Kier alpha value is -1.32. The van der Waals surface area contributed by atoms with Crippen LogP contribution in [-0.4, -0.2) is 4.98 Å². The lowest BCUT2D eigenvalue weighted by Crippen LogP contribution is -2.12. The van der Waals surface area contributed by atoms with Crippen LogP contribution < -0.4 is 5.32 Å². The van der Waals surface area contributed by atoms with Crippen LogP contribution in [0.3, 0.4) is 0 Å². The molecule has 0 saturated heterocycles. The summed E-state index contributed by atoms with van der Waals surface area (Å²) in [6.07, 6.45) is 1.72. The predicted octanol–water partition coefficient (Wildman–Crippen LogP) is 2.93. The molecule has 0 spiro atoms. The van der Waals surface area contributed by atoms with Gasteiger partial charge in [-0.1, -0.05) is 23.7 Å². The molecule has 0 amide bonds. The zero-order valence-electron chi connectivity index (χ0n) is 9.03. The van der Waals surface area contributed by atoms with Crippen molar-refractivity contribution in [1.82, 2.24) is 10.3 Å². The average molecular weight is 237 g/mol. The number of hydrogen-bond acceptors (Lipinski definition) is 3. The van der Waals surface area contributed by atoms with Crippen molar-refractivity contribution in [3.63, 3.8) is 0 Å². The molecule has 1 aromatic carbocycles. The second-order valence-electron chi connectivity index (χ2n) is 3.60. The van der Waals surface area contributed by atoms with Gasteiger partial charge in [-0.3, -0.25) is 0 Å². The van der Waals surface area contributed by atoms with E-state index < -0.39 is 0 Å². The Kier molecular flexibility index (Phi) is 3.59. The van der Waals surface area contributed by atoms with Crippen molar-refractivity contribution >= 4 is 11.6 Å². The molecule has 0 aliphatic rings. The molecule has 0 bridgehead atoms. The molecule has 2 aromatic rings. The van der Waals surface area contributed by atoms with Crippen LogP contribution in [0.4, 0.5) is 0 Å². The van der Waals surface area contributed by atoms with Gasteiger partial charge >= 0.3 is 0 Å². The number of benzene rings is 1. The van der Waals surface area contributed by atoms with Crippen LogP contribution in [0, 0.1) is 6.92 Å². The molecule has 3 nitrogen and oxygen atoms in total. The van der Waals surface area contributed by atoms with Crippen LogP contribution in [0.15, 0.2) is 34.9 Å². The molecule has 0 saturated carbocycles. The van der Waals surface area contributed by atoms with Crippen LogP contribution >= 0.6 is 11.6 Å². The molecule has 0 radical (unpaired) electrons. The van der Waals surface area contributed by atoms with E-state index in [0.29, 0.717) is 12.4 Å². The number of aromatic nitrogens is 1. The first kappa shape index (κ1) is 11.2. The van der Waals surface area contributed by atoms with Crippen molar-refractivity contribution in [2.45, 2.75) is 20.0 Å². The Morgan fingerprint density at radius 3 is 2.94 bits per heavy atom. The summed E-state index contributed by atoms with van der Waals surface area (Å²) < 4.78 is 5.35. The number of oxazole rings is 1. The minimum atomic E-state index is 0.625. The Labute approximate surface area is 99.5 Å². The van der Waals surface area contributed by atoms with E-state index in [1.165, 1.54) is 0 Å². The van der Waals surface area contributed by atoms with Crippen molar-refractivity contribution in [2.24, 2.45) is 0 Å². The number of halogens is 1. The molecular formula is C12H13ClN2O. The molecule has 4 heteroatoms. The van der Waals surface area contributed by atoms with Gasteiger partial charge in [0.15, 0.2) is 0 Å². The van der Waals surface area contributed by atoms with Gasteiger partial charge in [0.1, 0.15) is 5.76 Å². The SMILES string of the molecule is Cc1cnc(CNCc2cccc(Cl)c2)o1. The summed E-state index contributed by atoms with van der Waals surface area (Å²) in [6, 6.07) is 7.77. The van der Waals surface area contributed by atoms with Gasteiger partial charge in [0.25, 0.3) is 0 Å². The van der Waals surface area contributed by atoms with Crippen LogP contribution in [0.1, 0.15) is 17.2 Å². The third-order valence-electron chi connectivity index (χ3n) is 2.16. The zero-order valence-corrected chi connectivity index (χ0v) is 9.79. The van der Waals surface area contributed by atoms with Crippen molar-refractivity contribution in [3.8, 4) is 0 Å². The lowest BCUT2D eigenvalue weighted by molar-refractivity contribution is 0.449.